The van der Waals surface area contributed by atoms with Gasteiger partial charge >= 0.3 is 0 Å². The summed E-state index contributed by atoms with van der Waals surface area (Å²) >= 11 is 5.79. The number of nitrogens with one attached hydrogen (secondary N) is 1. The summed E-state index contributed by atoms with van der Waals surface area (Å²) in [5, 5.41) is 17.7. The molecule has 0 unspecified atom stereocenters. The van der Waals surface area contributed by atoms with Crippen LogP contribution in [-0.4, -0.2) is 56.2 Å². The summed E-state index contributed by atoms with van der Waals surface area (Å²) in [5.41, 5.74) is 6.24. The molecule has 0 saturated heterocycles. The van der Waals surface area contributed by atoms with Crippen LogP contribution in [0.15, 0.2) is 42.5 Å². The lowest BCUT2D eigenvalue weighted by molar-refractivity contribution is -0.140. The van der Waals surface area contributed by atoms with Crippen LogP contribution in [0.25, 0.3) is 10.9 Å². The van der Waals surface area contributed by atoms with Gasteiger partial charge in [-0.3, -0.25) is 19.1 Å². The molecular weight excluding hydrogens is 477 g/mol. The van der Waals surface area contributed by atoms with Crippen LogP contribution in [0.2, 0.25) is 5.02 Å². The average Bonchev–Trinajstić information content (AvgIpc) is 3.42. The van der Waals surface area contributed by atoms with Gasteiger partial charge in [-0.05, 0) is 31.4 Å². The zero-order chi connectivity index (χ0) is 25.1. The van der Waals surface area contributed by atoms with E-state index in [1.54, 1.807) is 30.3 Å². The van der Waals surface area contributed by atoms with Gasteiger partial charge in [-0.1, -0.05) is 41.9 Å². The number of nitrogens with zero attached hydrogens (tertiary/aromatic N) is 3. The van der Waals surface area contributed by atoms with Gasteiger partial charge in [0.05, 0.1) is 29.2 Å². The molecule has 0 bridgehead atoms. The minimum atomic E-state index is -0.771. The highest BCUT2D eigenvalue weighted by Crippen LogP contribution is 2.25. The molecule has 1 aromatic heterocycles. The van der Waals surface area contributed by atoms with Crippen molar-refractivity contribution in [1.29, 1.82) is 0 Å². The van der Waals surface area contributed by atoms with Crippen molar-refractivity contribution >= 4 is 40.2 Å². The molecular formula is C24H25ClFN5O4. The van der Waals surface area contributed by atoms with Crippen molar-refractivity contribution in [2.45, 2.75) is 44.5 Å². The number of aromatic nitrogens is 2. The van der Waals surface area contributed by atoms with Gasteiger partial charge in [-0.2, -0.15) is 5.10 Å². The third kappa shape index (κ3) is 5.28. The molecule has 0 radical (unpaired) electrons. The lowest BCUT2D eigenvalue weighted by Crippen LogP contribution is -2.50. The Balaban J connectivity index is 1.52. The fourth-order valence-corrected chi connectivity index (χ4v) is 4.61. The second-order valence-corrected chi connectivity index (χ2v) is 8.87. The van der Waals surface area contributed by atoms with Crippen LogP contribution in [0.4, 0.5) is 4.39 Å². The van der Waals surface area contributed by atoms with Gasteiger partial charge in [0.2, 0.25) is 11.8 Å². The Hall–Kier alpha value is -3.50. The van der Waals surface area contributed by atoms with E-state index in [0.29, 0.717) is 30.2 Å². The second kappa shape index (κ2) is 10.4. The number of rotatable bonds is 8. The number of carbonyl (C=O) groups is 3. The predicted molar refractivity (Wildman–Crippen MR) is 127 cm³/mol. The fourth-order valence-electron chi connectivity index (χ4n) is 4.41. The number of amides is 3. The Morgan fingerprint density at radius 3 is 2.69 bits per heavy atom. The summed E-state index contributed by atoms with van der Waals surface area (Å²) in [6.07, 6.45) is 0.991. The van der Waals surface area contributed by atoms with Gasteiger partial charge in [-0.25, -0.2) is 4.39 Å². The van der Waals surface area contributed by atoms with Crippen molar-refractivity contribution in [3.8, 4) is 0 Å². The number of hydrogen-bond donors (Lipinski definition) is 3. The van der Waals surface area contributed by atoms with Crippen molar-refractivity contribution < 1.29 is 23.9 Å². The summed E-state index contributed by atoms with van der Waals surface area (Å²) in [4.78, 5) is 39.2. The number of hydrogen-bond acceptors (Lipinski definition) is 5. The van der Waals surface area contributed by atoms with Gasteiger partial charge in [0.1, 0.15) is 12.4 Å². The maximum atomic E-state index is 14.1. The number of nitrogens with two attached hydrogens (primary N) is 1. The summed E-state index contributed by atoms with van der Waals surface area (Å²) < 4.78 is 15.5. The van der Waals surface area contributed by atoms with Crippen molar-refractivity contribution in [2.75, 3.05) is 6.54 Å². The van der Waals surface area contributed by atoms with Crippen LogP contribution in [0.5, 0.6) is 0 Å². The van der Waals surface area contributed by atoms with Crippen molar-refractivity contribution in [1.82, 2.24) is 20.0 Å². The molecule has 0 aliphatic heterocycles. The van der Waals surface area contributed by atoms with E-state index in [1.807, 2.05) is 0 Å². The van der Waals surface area contributed by atoms with E-state index in [9.17, 15) is 23.9 Å². The average molecular weight is 502 g/mol. The first-order valence-electron chi connectivity index (χ1n) is 11.2. The number of aliphatic hydroxyl groups excluding tert-OH is 1. The van der Waals surface area contributed by atoms with Crippen LogP contribution in [0.1, 0.15) is 35.3 Å². The molecule has 1 saturated carbocycles. The molecule has 11 heteroatoms. The molecule has 2 aromatic carbocycles. The summed E-state index contributed by atoms with van der Waals surface area (Å²) in [6, 6.07) is 10.8. The Kier molecular flexibility index (Phi) is 7.32. The Bertz CT molecular complexity index is 1280. The van der Waals surface area contributed by atoms with E-state index >= 15 is 0 Å². The molecule has 2 atom stereocenters. The molecule has 1 aliphatic carbocycles. The molecule has 184 valence electrons. The van der Waals surface area contributed by atoms with Crippen LogP contribution in [0.3, 0.4) is 0 Å². The van der Waals surface area contributed by atoms with Crippen molar-refractivity contribution in [3.63, 3.8) is 0 Å². The third-order valence-electron chi connectivity index (χ3n) is 6.16. The molecule has 3 aromatic rings. The minimum Gasteiger partial charge on any atom is -0.391 e. The highest BCUT2D eigenvalue weighted by molar-refractivity contribution is 6.30. The third-order valence-corrected chi connectivity index (χ3v) is 6.45. The second-order valence-electron chi connectivity index (χ2n) is 8.46. The topological polar surface area (TPSA) is 131 Å². The number of para-hydroxylation sites is 1. The van der Waals surface area contributed by atoms with Gasteiger partial charge in [-0.15, -0.1) is 0 Å². The van der Waals surface area contributed by atoms with E-state index in [-0.39, 0.29) is 35.9 Å². The maximum Gasteiger partial charge on any atom is 0.269 e. The largest absolute Gasteiger partial charge is 0.391 e. The van der Waals surface area contributed by atoms with E-state index in [2.05, 4.69) is 10.4 Å². The molecule has 35 heavy (non-hydrogen) atoms. The molecule has 1 fully saturated rings. The van der Waals surface area contributed by atoms with Crippen LogP contribution < -0.4 is 11.1 Å². The predicted octanol–water partition coefficient (Wildman–Crippen LogP) is 1.99. The molecule has 3 amide bonds. The van der Waals surface area contributed by atoms with Gasteiger partial charge in [0.15, 0.2) is 5.69 Å². The number of primary amides is 1. The standard InChI is InChI=1S/C24H25ClFN5O4/c25-16-7-3-5-14(22(16)26)11-28-20(33)12-30(18-9-4-10-19(18)32)21(34)13-31-17-8-2-1-6-15(17)23(29-31)24(27)35/h1-3,5-8,18-19,32H,4,9-13H2,(H2,27,35)(H,28,33)/t18-,19-/m1/s1. The van der Waals surface area contributed by atoms with E-state index in [1.165, 1.54) is 21.7 Å². The number of fused-ring (bicyclic) bond motifs is 1. The lowest BCUT2D eigenvalue weighted by atomic mass is 10.1. The smallest absolute Gasteiger partial charge is 0.269 e. The van der Waals surface area contributed by atoms with Crippen LogP contribution in [0, 0.1) is 5.82 Å². The van der Waals surface area contributed by atoms with Gasteiger partial charge < -0.3 is 21.1 Å². The first-order chi connectivity index (χ1) is 16.8. The Morgan fingerprint density at radius 1 is 1.20 bits per heavy atom. The zero-order valence-corrected chi connectivity index (χ0v) is 19.5. The van der Waals surface area contributed by atoms with Gasteiger partial charge in [0.25, 0.3) is 5.91 Å². The van der Waals surface area contributed by atoms with Crippen molar-refractivity contribution in [2.24, 2.45) is 5.73 Å². The summed E-state index contributed by atoms with van der Waals surface area (Å²) in [6.45, 7) is -0.690. The van der Waals surface area contributed by atoms with Crippen LogP contribution >= 0.6 is 11.6 Å². The van der Waals surface area contributed by atoms with E-state index in [4.69, 9.17) is 17.3 Å². The van der Waals surface area contributed by atoms with E-state index < -0.39 is 35.7 Å². The molecule has 9 nitrogen and oxygen atoms in total. The first kappa shape index (κ1) is 24.6. The zero-order valence-electron chi connectivity index (χ0n) is 18.8. The van der Waals surface area contributed by atoms with E-state index in [0.717, 1.165) is 0 Å². The number of carbonyl (C=O) groups excluding carboxylic acids is 3. The summed E-state index contributed by atoms with van der Waals surface area (Å²) in [5.74, 6) is -2.31. The number of halogens is 2. The number of benzene rings is 2. The van der Waals surface area contributed by atoms with Crippen LogP contribution in [-0.2, 0) is 22.7 Å². The SMILES string of the molecule is NC(=O)c1nn(CC(=O)N(CC(=O)NCc2cccc(Cl)c2F)[C@@H]2CCC[C@H]2O)c2ccccc12. The fraction of sp³-hybridized carbons (Fsp3) is 0.333. The molecule has 0 spiro atoms. The quantitative estimate of drug-likeness (QED) is 0.434. The molecule has 4 N–H and O–H groups in total. The van der Waals surface area contributed by atoms with Crippen molar-refractivity contribution in [3.05, 3.63) is 64.6 Å². The van der Waals surface area contributed by atoms with Gasteiger partial charge in [0, 0.05) is 17.5 Å². The molecule has 4 rings (SSSR count). The first-order valence-corrected chi connectivity index (χ1v) is 11.6. The summed E-state index contributed by atoms with van der Waals surface area (Å²) in [7, 11) is 0. The highest BCUT2D eigenvalue weighted by Gasteiger charge is 2.35. The minimum absolute atomic E-state index is 0.0437. The normalized spacial score (nSPS) is 17.5. The monoisotopic (exact) mass is 501 g/mol. The Morgan fingerprint density at radius 2 is 1.97 bits per heavy atom. The maximum absolute atomic E-state index is 14.1. The highest BCUT2D eigenvalue weighted by atomic mass is 35.5. The lowest BCUT2D eigenvalue weighted by Gasteiger charge is -2.30. The number of aliphatic hydroxyl groups is 1. The molecule has 1 heterocycles. The Labute approximate surface area is 205 Å². The molecule has 1 aliphatic rings.